The predicted octanol–water partition coefficient (Wildman–Crippen LogP) is -0.146. The number of rotatable bonds is 5. The number of carbonyl (C=O) groups excluding carboxylic acids is 1. The molecule has 0 spiro atoms. The first-order chi connectivity index (χ1) is 6.79. The second-order valence-electron chi connectivity index (χ2n) is 3.83. The van der Waals surface area contributed by atoms with Gasteiger partial charge in [-0.1, -0.05) is 0 Å². The van der Waals surface area contributed by atoms with E-state index in [1.165, 1.54) is 12.8 Å². The summed E-state index contributed by atoms with van der Waals surface area (Å²) in [6.07, 6.45) is 3.55. The van der Waals surface area contributed by atoms with Crippen molar-refractivity contribution in [1.29, 1.82) is 0 Å². The zero-order valence-electron chi connectivity index (χ0n) is 8.94. The number of piperidine rings is 1. The highest BCUT2D eigenvalue weighted by molar-refractivity contribution is 5.72. The van der Waals surface area contributed by atoms with Crippen molar-refractivity contribution in [3.8, 4) is 0 Å². The summed E-state index contributed by atoms with van der Waals surface area (Å²) >= 11 is 0. The first kappa shape index (κ1) is 11.5. The van der Waals surface area contributed by atoms with Crippen molar-refractivity contribution in [2.75, 3.05) is 26.2 Å². The van der Waals surface area contributed by atoms with Gasteiger partial charge in [0.25, 0.3) is 0 Å². The highest BCUT2D eigenvalue weighted by atomic mass is 16.1. The first-order valence-electron chi connectivity index (χ1n) is 5.47. The third-order valence-corrected chi connectivity index (χ3v) is 2.46. The number of carbonyl (C=O) groups is 1. The van der Waals surface area contributed by atoms with Gasteiger partial charge < -0.3 is 16.0 Å². The van der Waals surface area contributed by atoms with Crippen LogP contribution in [-0.2, 0) is 4.79 Å². The molecular weight excluding hydrogens is 178 g/mol. The fraction of sp³-hybridized carbons (Fsp3) is 0.900. The van der Waals surface area contributed by atoms with Gasteiger partial charge in [0.2, 0.25) is 5.91 Å². The van der Waals surface area contributed by atoms with E-state index in [-0.39, 0.29) is 5.91 Å². The largest absolute Gasteiger partial charge is 0.356 e. The molecule has 0 aromatic rings. The van der Waals surface area contributed by atoms with Crippen molar-refractivity contribution < 1.29 is 4.79 Å². The Kier molecular flexibility index (Phi) is 5.56. The summed E-state index contributed by atoms with van der Waals surface area (Å²) in [6.45, 7) is 5.57. The molecule has 0 aromatic heterocycles. The van der Waals surface area contributed by atoms with Crippen LogP contribution in [-0.4, -0.2) is 38.1 Å². The number of amides is 1. The van der Waals surface area contributed by atoms with Crippen LogP contribution in [0.15, 0.2) is 0 Å². The molecule has 4 heteroatoms. The van der Waals surface area contributed by atoms with Crippen molar-refractivity contribution in [1.82, 2.24) is 16.0 Å². The molecule has 1 aliphatic rings. The lowest BCUT2D eigenvalue weighted by atomic mass is 10.1. The first-order valence-corrected chi connectivity index (χ1v) is 5.47. The van der Waals surface area contributed by atoms with Gasteiger partial charge in [0, 0.05) is 26.1 Å². The van der Waals surface area contributed by atoms with Gasteiger partial charge in [-0.05, 0) is 32.4 Å². The fourth-order valence-electron chi connectivity index (χ4n) is 1.69. The molecule has 14 heavy (non-hydrogen) atoms. The van der Waals surface area contributed by atoms with Gasteiger partial charge in [-0.2, -0.15) is 0 Å². The van der Waals surface area contributed by atoms with Crippen molar-refractivity contribution in [2.45, 2.75) is 32.2 Å². The average Bonchev–Trinajstić information content (AvgIpc) is 2.18. The molecule has 1 saturated heterocycles. The molecule has 1 heterocycles. The van der Waals surface area contributed by atoms with Crippen LogP contribution in [0.2, 0.25) is 0 Å². The van der Waals surface area contributed by atoms with E-state index >= 15 is 0 Å². The van der Waals surface area contributed by atoms with Gasteiger partial charge >= 0.3 is 0 Å². The molecule has 1 aliphatic heterocycles. The van der Waals surface area contributed by atoms with Crippen molar-refractivity contribution in [3.63, 3.8) is 0 Å². The van der Waals surface area contributed by atoms with Crippen molar-refractivity contribution in [3.05, 3.63) is 0 Å². The standard InChI is InChI=1S/C10H21N3O/c1-9(14)12-6-3-7-13-10-4-2-5-11-8-10/h10-11,13H,2-8H2,1H3,(H,12,14). The minimum Gasteiger partial charge on any atom is -0.356 e. The van der Waals surface area contributed by atoms with E-state index in [0.29, 0.717) is 6.04 Å². The molecule has 0 radical (unpaired) electrons. The third-order valence-electron chi connectivity index (χ3n) is 2.46. The van der Waals surface area contributed by atoms with E-state index in [9.17, 15) is 4.79 Å². The predicted molar refractivity (Wildman–Crippen MR) is 57.2 cm³/mol. The molecule has 1 atom stereocenters. The summed E-state index contributed by atoms with van der Waals surface area (Å²) in [6, 6.07) is 0.626. The van der Waals surface area contributed by atoms with E-state index in [0.717, 1.165) is 32.6 Å². The van der Waals surface area contributed by atoms with Crippen LogP contribution in [0.5, 0.6) is 0 Å². The maximum atomic E-state index is 10.6. The second kappa shape index (κ2) is 6.79. The monoisotopic (exact) mass is 199 g/mol. The maximum Gasteiger partial charge on any atom is 0.216 e. The van der Waals surface area contributed by atoms with E-state index in [1.54, 1.807) is 6.92 Å². The van der Waals surface area contributed by atoms with Crippen molar-refractivity contribution in [2.24, 2.45) is 0 Å². The fourth-order valence-corrected chi connectivity index (χ4v) is 1.69. The SMILES string of the molecule is CC(=O)NCCCNC1CCCNC1. The second-order valence-corrected chi connectivity index (χ2v) is 3.83. The molecule has 3 N–H and O–H groups in total. The van der Waals surface area contributed by atoms with E-state index in [4.69, 9.17) is 0 Å². The molecule has 0 aliphatic carbocycles. The van der Waals surface area contributed by atoms with E-state index in [1.807, 2.05) is 0 Å². The molecule has 1 unspecified atom stereocenters. The van der Waals surface area contributed by atoms with Crippen LogP contribution in [0.4, 0.5) is 0 Å². The summed E-state index contributed by atoms with van der Waals surface area (Å²) < 4.78 is 0. The molecule has 0 saturated carbocycles. The Morgan fingerprint density at radius 1 is 1.50 bits per heavy atom. The van der Waals surface area contributed by atoms with Gasteiger partial charge in [-0.25, -0.2) is 0 Å². The zero-order chi connectivity index (χ0) is 10.2. The lowest BCUT2D eigenvalue weighted by molar-refractivity contribution is -0.118. The van der Waals surface area contributed by atoms with E-state index in [2.05, 4.69) is 16.0 Å². The normalized spacial score (nSPS) is 21.9. The van der Waals surface area contributed by atoms with Gasteiger partial charge in [-0.3, -0.25) is 4.79 Å². The molecule has 4 nitrogen and oxygen atoms in total. The van der Waals surface area contributed by atoms with Crippen molar-refractivity contribution >= 4 is 5.91 Å². The Morgan fingerprint density at radius 3 is 3.00 bits per heavy atom. The molecule has 0 bridgehead atoms. The Labute approximate surface area is 85.8 Å². The highest BCUT2D eigenvalue weighted by Gasteiger charge is 2.10. The Bertz CT molecular complexity index is 167. The van der Waals surface area contributed by atoms with Gasteiger partial charge in [0.05, 0.1) is 0 Å². The van der Waals surface area contributed by atoms with Crippen LogP contribution in [0.3, 0.4) is 0 Å². The summed E-state index contributed by atoms with van der Waals surface area (Å²) in [5.41, 5.74) is 0. The lowest BCUT2D eigenvalue weighted by Gasteiger charge is -2.23. The summed E-state index contributed by atoms with van der Waals surface area (Å²) in [4.78, 5) is 10.6. The third kappa shape index (κ3) is 5.19. The molecule has 1 amide bonds. The maximum absolute atomic E-state index is 10.6. The minimum absolute atomic E-state index is 0.0596. The quantitative estimate of drug-likeness (QED) is 0.540. The smallest absolute Gasteiger partial charge is 0.216 e. The highest BCUT2D eigenvalue weighted by Crippen LogP contribution is 2.00. The Morgan fingerprint density at radius 2 is 2.36 bits per heavy atom. The summed E-state index contributed by atoms with van der Waals surface area (Å²) in [5.74, 6) is 0.0596. The van der Waals surface area contributed by atoms with Crippen LogP contribution < -0.4 is 16.0 Å². The van der Waals surface area contributed by atoms with Gasteiger partial charge in [0.1, 0.15) is 0 Å². The molecule has 0 aromatic carbocycles. The van der Waals surface area contributed by atoms with Gasteiger partial charge in [0.15, 0.2) is 0 Å². The number of hydrogen-bond donors (Lipinski definition) is 3. The minimum atomic E-state index is 0.0596. The van der Waals surface area contributed by atoms with Crippen LogP contribution in [0, 0.1) is 0 Å². The van der Waals surface area contributed by atoms with E-state index < -0.39 is 0 Å². The zero-order valence-corrected chi connectivity index (χ0v) is 8.94. The molecule has 82 valence electrons. The topological polar surface area (TPSA) is 53.2 Å². The number of nitrogens with one attached hydrogen (secondary N) is 3. The summed E-state index contributed by atoms with van der Waals surface area (Å²) in [7, 11) is 0. The Hall–Kier alpha value is -0.610. The Balaban J connectivity index is 1.90. The van der Waals surface area contributed by atoms with Crippen LogP contribution in [0.25, 0.3) is 0 Å². The van der Waals surface area contributed by atoms with Crippen LogP contribution in [0.1, 0.15) is 26.2 Å². The molecular formula is C10H21N3O. The summed E-state index contributed by atoms with van der Waals surface area (Å²) in [5, 5.41) is 9.63. The van der Waals surface area contributed by atoms with Crippen LogP contribution >= 0.6 is 0 Å². The molecule has 1 rings (SSSR count). The number of hydrogen-bond acceptors (Lipinski definition) is 3. The average molecular weight is 199 g/mol. The lowest BCUT2D eigenvalue weighted by Crippen LogP contribution is -2.43. The molecule has 1 fully saturated rings. The van der Waals surface area contributed by atoms with Gasteiger partial charge in [-0.15, -0.1) is 0 Å².